The third-order valence-corrected chi connectivity index (χ3v) is 4.20. The lowest BCUT2D eigenvalue weighted by Gasteiger charge is -2.09. The number of aromatic amines is 1. The van der Waals surface area contributed by atoms with Crippen molar-refractivity contribution in [3.63, 3.8) is 0 Å². The number of hydrogen-bond acceptors (Lipinski definition) is 6. The minimum atomic E-state index is -0.500. The van der Waals surface area contributed by atoms with E-state index in [0.717, 1.165) is 33.6 Å². The van der Waals surface area contributed by atoms with Crippen molar-refractivity contribution >= 4 is 23.5 Å². The molecule has 1 amide bonds. The molecule has 140 valence electrons. The molecular weight excluding hydrogens is 370 g/mol. The zero-order valence-corrected chi connectivity index (χ0v) is 15.6. The molecule has 3 aromatic rings. The summed E-state index contributed by atoms with van der Waals surface area (Å²) in [6, 6.07) is 7.44. The van der Waals surface area contributed by atoms with E-state index in [0.29, 0.717) is 12.2 Å². The van der Waals surface area contributed by atoms with Crippen LogP contribution < -0.4 is 13.9 Å². The number of rotatable bonds is 7. The van der Waals surface area contributed by atoms with Gasteiger partial charge in [-0.3, -0.25) is 14.9 Å². The highest BCUT2D eigenvalue weighted by Gasteiger charge is 2.19. The number of methoxy groups -OCH3 is 2. The van der Waals surface area contributed by atoms with Crippen LogP contribution in [0.3, 0.4) is 0 Å². The lowest BCUT2D eigenvalue weighted by atomic mass is 10.1. The molecule has 0 radical (unpaired) electrons. The van der Waals surface area contributed by atoms with Gasteiger partial charge < -0.3 is 9.47 Å². The second-order valence-corrected chi connectivity index (χ2v) is 5.99. The molecule has 0 atom stereocenters. The highest BCUT2D eigenvalue weighted by Crippen LogP contribution is 2.24. The number of halogens is 1. The molecule has 0 saturated heterocycles. The lowest BCUT2D eigenvalue weighted by Crippen LogP contribution is -2.22. The number of amides is 1. The first-order chi connectivity index (χ1) is 13.1. The van der Waals surface area contributed by atoms with Crippen molar-refractivity contribution in [2.75, 3.05) is 18.6 Å². The van der Waals surface area contributed by atoms with E-state index < -0.39 is 5.91 Å². The van der Waals surface area contributed by atoms with E-state index in [1.807, 2.05) is 18.2 Å². The Bertz CT molecular complexity index is 894. The van der Waals surface area contributed by atoms with Gasteiger partial charge in [0.25, 0.3) is 5.91 Å². The summed E-state index contributed by atoms with van der Waals surface area (Å²) in [6.45, 7) is 0. The van der Waals surface area contributed by atoms with Crippen LogP contribution in [0.1, 0.15) is 21.7 Å². The summed E-state index contributed by atoms with van der Waals surface area (Å²) in [5, 5.41) is 6.99. The molecule has 0 bridgehead atoms. The van der Waals surface area contributed by atoms with Crippen molar-refractivity contribution in [3.05, 3.63) is 59.8 Å². The number of nitrogens with one attached hydrogen (secondary N) is 1. The van der Waals surface area contributed by atoms with E-state index >= 15 is 0 Å². The number of anilines is 1. The van der Waals surface area contributed by atoms with Gasteiger partial charge >= 0.3 is 0 Å². The van der Waals surface area contributed by atoms with Crippen molar-refractivity contribution in [1.29, 1.82) is 0 Å². The molecule has 0 spiro atoms. The molecule has 2 heterocycles. The van der Waals surface area contributed by atoms with E-state index in [-0.39, 0.29) is 5.69 Å². The summed E-state index contributed by atoms with van der Waals surface area (Å²) in [7, 11) is 3.23. The molecule has 1 N–H and O–H groups in total. The number of ether oxygens (including phenoxy) is 2. The number of benzene rings is 1. The largest absolute Gasteiger partial charge is 0.497 e. The van der Waals surface area contributed by atoms with Gasteiger partial charge in [-0.1, -0.05) is 0 Å². The first-order valence-electron chi connectivity index (χ1n) is 8.13. The third-order valence-electron chi connectivity index (χ3n) is 3.87. The van der Waals surface area contributed by atoms with Gasteiger partial charge in [-0.25, -0.2) is 4.98 Å². The molecule has 9 heteroatoms. The van der Waals surface area contributed by atoms with Crippen molar-refractivity contribution in [3.8, 4) is 11.5 Å². The second-order valence-electron chi connectivity index (χ2n) is 5.65. The predicted molar refractivity (Wildman–Crippen MR) is 100 cm³/mol. The van der Waals surface area contributed by atoms with Crippen LogP contribution in [0, 0.1) is 0 Å². The van der Waals surface area contributed by atoms with Crippen molar-refractivity contribution < 1.29 is 14.3 Å². The molecule has 8 nitrogen and oxygen atoms in total. The molecule has 27 heavy (non-hydrogen) atoms. The number of nitrogens with zero attached hydrogens (tertiary/aromatic N) is 4. The van der Waals surface area contributed by atoms with Gasteiger partial charge in [0.05, 0.1) is 20.4 Å². The predicted octanol–water partition coefficient (Wildman–Crippen LogP) is 2.80. The van der Waals surface area contributed by atoms with Gasteiger partial charge in [0.2, 0.25) is 0 Å². The van der Waals surface area contributed by atoms with Crippen LogP contribution in [-0.4, -0.2) is 40.3 Å². The van der Waals surface area contributed by atoms with E-state index in [1.165, 1.54) is 18.6 Å². The highest BCUT2D eigenvalue weighted by molar-refractivity contribution is 6.38. The number of carbonyl (C=O) groups is 1. The summed E-state index contributed by atoms with van der Waals surface area (Å²) in [5.41, 5.74) is 2.03. The number of H-pyrrole nitrogens is 1. The van der Waals surface area contributed by atoms with Gasteiger partial charge in [0, 0.05) is 42.0 Å². The van der Waals surface area contributed by atoms with Crippen LogP contribution in [0.15, 0.2) is 42.9 Å². The van der Waals surface area contributed by atoms with Crippen molar-refractivity contribution in [2.24, 2.45) is 0 Å². The molecule has 0 aliphatic carbocycles. The molecule has 0 fully saturated rings. The SMILES string of the molecule is COc1cc(CCc2cc(N(Cl)C(=O)c3cnccn3)n[nH]2)cc(OC)c1. The van der Waals surface area contributed by atoms with Crippen LogP contribution >= 0.6 is 11.8 Å². The fourth-order valence-corrected chi connectivity index (χ4v) is 2.66. The Morgan fingerprint density at radius 2 is 1.85 bits per heavy atom. The maximum absolute atomic E-state index is 12.3. The molecule has 3 rings (SSSR count). The van der Waals surface area contributed by atoms with Crippen LogP contribution in [-0.2, 0) is 12.8 Å². The van der Waals surface area contributed by atoms with Crippen LogP contribution in [0.5, 0.6) is 11.5 Å². The number of aryl methyl sites for hydroxylation is 2. The molecular formula is C18H18ClN5O3. The van der Waals surface area contributed by atoms with Gasteiger partial charge in [-0.2, -0.15) is 9.52 Å². The topological polar surface area (TPSA) is 93.2 Å². The maximum Gasteiger partial charge on any atom is 0.294 e. The summed E-state index contributed by atoms with van der Waals surface area (Å²) in [6.07, 6.45) is 5.66. The molecule has 0 aliphatic rings. The number of hydrogen-bond donors (Lipinski definition) is 1. The summed E-state index contributed by atoms with van der Waals surface area (Å²) >= 11 is 6.10. The molecule has 0 unspecified atom stereocenters. The van der Waals surface area contributed by atoms with Crippen LogP contribution in [0.25, 0.3) is 0 Å². The van der Waals surface area contributed by atoms with Gasteiger partial charge in [-0.15, -0.1) is 0 Å². The Balaban J connectivity index is 1.67. The van der Waals surface area contributed by atoms with Gasteiger partial charge in [-0.05, 0) is 30.5 Å². The Hall–Kier alpha value is -3.13. The lowest BCUT2D eigenvalue weighted by molar-refractivity contribution is 0.1000. The van der Waals surface area contributed by atoms with Crippen molar-refractivity contribution in [1.82, 2.24) is 20.2 Å². The standard InChI is InChI=1S/C18H18ClN5O3/c1-26-14-7-12(8-15(10-14)27-2)3-4-13-9-17(23-22-13)24(19)18(25)16-11-20-5-6-21-16/h5-11H,3-4H2,1-2H3,(H,22,23). The zero-order valence-electron chi connectivity index (χ0n) is 14.8. The van der Waals surface area contributed by atoms with Crippen LogP contribution in [0.4, 0.5) is 5.82 Å². The fraction of sp³-hybridized carbons (Fsp3) is 0.222. The van der Waals surface area contributed by atoms with Crippen molar-refractivity contribution in [2.45, 2.75) is 12.8 Å². The first kappa shape index (κ1) is 18.7. The minimum absolute atomic E-state index is 0.139. The normalized spacial score (nSPS) is 10.5. The third kappa shape index (κ3) is 4.53. The van der Waals surface area contributed by atoms with E-state index in [1.54, 1.807) is 20.3 Å². The molecule has 0 saturated carbocycles. The number of aromatic nitrogens is 4. The summed E-state index contributed by atoms with van der Waals surface area (Å²) < 4.78 is 11.5. The average Bonchev–Trinajstić information content (AvgIpc) is 3.20. The van der Waals surface area contributed by atoms with E-state index in [9.17, 15) is 4.79 Å². The molecule has 2 aromatic heterocycles. The smallest absolute Gasteiger partial charge is 0.294 e. The van der Waals surface area contributed by atoms with E-state index in [2.05, 4.69) is 20.2 Å². The van der Waals surface area contributed by atoms with Crippen LogP contribution in [0.2, 0.25) is 0 Å². The van der Waals surface area contributed by atoms with Gasteiger partial charge in [0.1, 0.15) is 17.2 Å². The highest BCUT2D eigenvalue weighted by atomic mass is 35.5. The molecule has 1 aromatic carbocycles. The monoisotopic (exact) mass is 387 g/mol. The Labute approximate surface area is 161 Å². The zero-order chi connectivity index (χ0) is 19.2. The quantitative estimate of drug-likeness (QED) is 0.626. The summed E-state index contributed by atoms with van der Waals surface area (Å²) in [4.78, 5) is 20.1. The second kappa shape index (κ2) is 8.50. The Morgan fingerprint density at radius 3 is 2.48 bits per heavy atom. The first-order valence-corrected chi connectivity index (χ1v) is 8.47. The number of carbonyl (C=O) groups excluding carboxylic acids is 1. The van der Waals surface area contributed by atoms with Gasteiger partial charge in [0.15, 0.2) is 5.82 Å². The van der Waals surface area contributed by atoms with E-state index in [4.69, 9.17) is 21.3 Å². The Morgan fingerprint density at radius 1 is 1.11 bits per heavy atom. The maximum atomic E-state index is 12.3. The summed E-state index contributed by atoms with van der Waals surface area (Å²) in [5.74, 6) is 1.26. The fourth-order valence-electron chi connectivity index (χ4n) is 2.48. The molecule has 0 aliphatic heterocycles. The Kier molecular flexibility index (Phi) is 5.87. The minimum Gasteiger partial charge on any atom is -0.497 e. The average molecular weight is 388 g/mol.